The maximum absolute atomic E-state index is 13.0. The Bertz CT molecular complexity index is 939. The van der Waals surface area contributed by atoms with Crippen molar-refractivity contribution in [2.45, 2.75) is 57.8 Å². The third kappa shape index (κ3) is 7.43. The van der Waals surface area contributed by atoms with E-state index in [9.17, 15) is 29.7 Å². The van der Waals surface area contributed by atoms with Crippen LogP contribution in [-0.4, -0.2) is 65.1 Å². The van der Waals surface area contributed by atoms with Crippen LogP contribution < -0.4 is 5.32 Å². The molecule has 34 heavy (non-hydrogen) atoms. The molecule has 0 fully saturated rings. The number of aliphatic hydroxyl groups is 2. The predicted octanol–water partition coefficient (Wildman–Crippen LogP) is 2.52. The number of ketones is 1. The summed E-state index contributed by atoms with van der Waals surface area (Å²) >= 11 is 0. The lowest BCUT2D eigenvalue weighted by molar-refractivity contribution is -0.127. The zero-order valence-corrected chi connectivity index (χ0v) is 19.7. The fraction of sp³-hybridized carbons (Fsp3) is 0.480. The number of fused-ring (bicyclic) bond motifs is 1. The van der Waals surface area contributed by atoms with Crippen molar-refractivity contribution in [2.24, 2.45) is 5.92 Å². The normalized spacial score (nSPS) is 25.4. The Balaban J connectivity index is 2.35. The molecule has 0 bridgehead atoms. The topological polar surface area (TPSA) is 142 Å². The monoisotopic (exact) mass is 475 g/mol. The summed E-state index contributed by atoms with van der Waals surface area (Å²) in [4.78, 5) is 36.3. The summed E-state index contributed by atoms with van der Waals surface area (Å²) in [7, 11) is 1.48. The first-order chi connectivity index (χ1) is 16.1. The van der Waals surface area contributed by atoms with E-state index in [0.29, 0.717) is 24.8 Å². The van der Waals surface area contributed by atoms with Gasteiger partial charge in [0.15, 0.2) is 5.78 Å². The molecule has 1 aliphatic heterocycles. The standard InChI is InChI=1S/C25H33NO8/c1-15-10-12-21(29)23(30)20(28)9-6-8-18-17(7-4-5-14-33-25(32)26-3)11-13-19(27)22(18)24(31)34-16(15)2/h6,8,10-13,15-16,20,23,27-28,30H,4-5,7,9,14H2,1-3H3,(H,26,32)/b8-6+,12-10-/t15?,16-,20-,23?/m0/s1. The number of nitrogens with one attached hydrogen (secondary N) is 1. The summed E-state index contributed by atoms with van der Waals surface area (Å²) in [5, 5.41) is 33.2. The number of cyclic esters (lactones) is 1. The molecule has 0 aromatic heterocycles. The third-order valence-corrected chi connectivity index (χ3v) is 5.71. The number of carbonyl (C=O) groups is 3. The molecule has 0 radical (unpaired) electrons. The van der Waals surface area contributed by atoms with Gasteiger partial charge in [0.25, 0.3) is 0 Å². The van der Waals surface area contributed by atoms with Gasteiger partial charge >= 0.3 is 12.1 Å². The number of carbonyl (C=O) groups excluding carboxylic acids is 3. The van der Waals surface area contributed by atoms with Gasteiger partial charge in [-0.15, -0.1) is 0 Å². The number of unbranched alkanes of at least 4 members (excludes halogenated alkanes) is 1. The van der Waals surface area contributed by atoms with Crippen LogP contribution in [0.3, 0.4) is 0 Å². The molecule has 0 saturated carbocycles. The van der Waals surface area contributed by atoms with E-state index in [1.165, 1.54) is 31.3 Å². The average molecular weight is 476 g/mol. The van der Waals surface area contributed by atoms with E-state index in [2.05, 4.69) is 5.32 Å². The molecule has 0 saturated heterocycles. The van der Waals surface area contributed by atoms with Crippen LogP contribution in [0.1, 0.15) is 54.6 Å². The molecule has 2 unspecified atom stereocenters. The molecule has 1 aromatic rings. The van der Waals surface area contributed by atoms with Gasteiger partial charge in [-0.3, -0.25) is 4.79 Å². The van der Waals surface area contributed by atoms with Crippen molar-refractivity contribution >= 4 is 23.9 Å². The molecule has 9 heteroatoms. The van der Waals surface area contributed by atoms with E-state index in [0.717, 1.165) is 5.56 Å². The smallest absolute Gasteiger partial charge is 0.406 e. The van der Waals surface area contributed by atoms with Gasteiger partial charge in [-0.05, 0) is 55.9 Å². The number of aryl methyl sites for hydroxylation is 1. The first-order valence-electron chi connectivity index (χ1n) is 11.3. The van der Waals surface area contributed by atoms with Gasteiger partial charge < -0.3 is 30.1 Å². The number of phenols is 1. The van der Waals surface area contributed by atoms with Crippen molar-refractivity contribution < 1.29 is 39.2 Å². The number of hydrogen-bond acceptors (Lipinski definition) is 8. The molecule has 0 aliphatic carbocycles. The van der Waals surface area contributed by atoms with Gasteiger partial charge in [-0.1, -0.05) is 31.2 Å². The highest BCUT2D eigenvalue weighted by molar-refractivity contribution is 5.97. The van der Waals surface area contributed by atoms with Gasteiger partial charge in [-0.2, -0.15) is 0 Å². The highest BCUT2D eigenvalue weighted by Crippen LogP contribution is 2.29. The number of amides is 1. The van der Waals surface area contributed by atoms with E-state index in [1.54, 1.807) is 26.0 Å². The highest BCUT2D eigenvalue weighted by atomic mass is 16.5. The summed E-state index contributed by atoms with van der Waals surface area (Å²) in [5.74, 6) is -1.95. The number of hydrogen-bond donors (Lipinski definition) is 4. The Hall–Kier alpha value is -3.17. The van der Waals surface area contributed by atoms with Gasteiger partial charge in [0.05, 0.1) is 12.7 Å². The highest BCUT2D eigenvalue weighted by Gasteiger charge is 2.25. The Labute approximate surface area is 199 Å². The van der Waals surface area contributed by atoms with Gasteiger partial charge in [0, 0.05) is 13.0 Å². The molecule has 1 heterocycles. The Kier molecular flexibility index (Phi) is 10.3. The van der Waals surface area contributed by atoms with Crippen LogP contribution >= 0.6 is 0 Å². The largest absolute Gasteiger partial charge is 0.507 e. The summed E-state index contributed by atoms with van der Waals surface area (Å²) < 4.78 is 10.5. The second-order valence-corrected chi connectivity index (χ2v) is 8.26. The second kappa shape index (κ2) is 12.9. The van der Waals surface area contributed by atoms with Crippen molar-refractivity contribution in [1.29, 1.82) is 0 Å². The SMILES string of the molecule is CNC(=O)OCCCCc1ccc(O)c2c1/C=C/C[C@H](O)C(O)C(=O)/C=C\C(C)[C@H](C)OC2=O. The molecule has 1 amide bonds. The number of rotatable bonds is 5. The first-order valence-corrected chi connectivity index (χ1v) is 11.3. The molecule has 4 N–H and O–H groups in total. The van der Waals surface area contributed by atoms with Gasteiger partial charge in [0.2, 0.25) is 0 Å². The molecule has 1 aliphatic rings. The van der Waals surface area contributed by atoms with Crippen LogP contribution in [-0.2, 0) is 20.7 Å². The summed E-state index contributed by atoms with van der Waals surface area (Å²) in [6.07, 6.45) is 3.45. The number of aliphatic hydroxyl groups excluding tert-OH is 2. The van der Waals surface area contributed by atoms with Crippen LogP contribution in [0.2, 0.25) is 0 Å². The lowest BCUT2D eigenvalue weighted by Crippen LogP contribution is -2.32. The predicted molar refractivity (Wildman–Crippen MR) is 125 cm³/mol. The molecule has 4 atom stereocenters. The van der Waals surface area contributed by atoms with Crippen LogP contribution in [0, 0.1) is 5.92 Å². The van der Waals surface area contributed by atoms with E-state index >= 15 is 0 Å². The number of alkyl carbamates (subject to hydrolysis) is 1. The fourth-order valence-corrected chi connectivity index (χ4v) is 3.41. The number of esters is 1. The molecular formula is C25H33NO8. The second-order valence-electron chi connectivity index (χ2n) is 8.26. The maximum Gasteiger partial charge on any atom is 0.406 e. The van der Waals surface area contributed by atoms with Crippen molar-refractivity contribution in [1.82, 2.24) is 5.32 Å². The van der Waals surface area contributed by atoms with Crippen LogP contribution in [0.5, 0.6) is 5.75 Å². The van der Waals surface area contributed by atoms with Crippen LogP contribution in [0.15, 0.2) is 30.4 Å². The lowest BCUT2D eigenvalue weighted by Gasteiger charge is -2.21. The van der Waals surface area contributed by atoms with E-state index in [4.69, 9.17) is 9.47 Å². The Morgan fingerprint density at radius 1 is 1.18 bits per heavy atom. The van der Waals surface area contributed by atoms with Gasteiger partial charge in [0.1, 0.15) is 23.5 Å². The van der Waals surface area contributed by atoms with Crippen molar-refractivity contribution in [3.63, 3.8) is 0 Å². The Morgan fingerprint density at radius 3 is 2.62 bits per heavy atom. The summed E-state index contributed by atoms with van der Waals surface area (Å²) in [6.45, 7) is 3.64. The van der Waals surface area contributed by atoms with Crippen molar-refractivity contribution in [3.05, 3.63) is 47.1 Å². The molecule has 0 spiro atoms. The number of phenolic OH excluding ortho intramolecular Hbond substituents is 1. The average Bonchev–Trinajstić information content (AvgIpc) is 2.81. The van der Waals surface area contributed by atoms with Crippen molar-refractivity contribution in [3.8, 4) is 5.75 Å². The minimum atomic E-state index is -1.59. The molecule has 2 rings (SSSR count). The number of ether oxygens (including phenoxy) is 2. The minimum Gasteiger partial charge on any atom is -0.507 e. The summed E-state index contributed by atoms with van der Waals surface area (Å²) in [5.41, 5.74) is 1.18. The first kappa shape index (κ1) is 27.1. The van der Waals surface area contributed by atoms with Crippen molar-refractivity contribution in [2.75, 3.05) is 13.7 Å². The van der Waals surface area contributed by atoms with E-state index < -0.39 is 36.2 Å². The third-order valence-electron chi connectivity index (χ3n) is 5.71. The summed E-state index contributed by atoms with van der Waals surface area (Å²) in [6, 6.07) is 3.12. The fourth-order valence-electron chi connectivity index (χ4n) is 3.41. The zero-order chi connectivity index (χ0) is 25.3. The Morgan fingerprint density at radius 2 is 1.91 bits per heavy atom. The molecule has 9 nitrogen and oxygen atoms in total. The quantitative estimate of drug-likeness (QED) is 0.376. The molecule has 1 aromatic carbocycles. The maximum atomic E-state index is 13.0. The van der Waals surface area contributed by atoms with E-state index in [-0.39, 0.29) is 30.3 Å². The number of aromatic hydroxyl groups is 1. The minimum absolute atomic E-state index is 0.00145. The van der Waals surface area contributed by atoms with Crippen LogP contribution in [0.25, 0.3) is 6.08 Å². The van der Waals surface area contributed by atoms with Crippen LogP contribution in [0.4, 0.5) is 4.79 Å². The molecule has 186 valence electrons. The van der Waals surface area contributed by atoms with Gasteiger partial charge in [-0.25, -0.2) is 9.59 Å². The van der Waals surface area contributed by atoms with E-state index in [1.807, 2.05) is 0 Å². The zero-order valence-electron chi connectivity index (χ0n) is 19.7. The molecular weight excluding hydrogens is 442 g/mol. The number of benzene rings is 1. The lowest BCUT2D eigenvalue weighted by atomic mass is 9.94.